The minimum atomic E-state index is -0.696. The Balaban J connectivity index is 3.13. The van der Waals surface area contributed by atoms with Crippen molar-refractivity contribution in [3.63, 3.8) is 0 Å². The molecule has 0 amide bonds. The molecule has 19 heavy (non-hydrogen) atoms. The van der Waals surface area contributed by atoms with Gasteiger partial charge in [0.1, 0.15) is 11.7 Å². The molecule has 0 aromatic heterocycles. The predicted octanol–water partition coefficient (Wildman–Crippen LogP) is 1.46. The first-order valence-corrected chi connectivity index (χ1v) is 5.65. The van der Waals surface area contributed by atoms with Crippen LogP contribution in [0.1, 0.15) is 13.8 Å². The van der Waals surface area contributed by atoms with Gasteiger partial charge >= 0.3 is 0 Å². The molecule has 5 nitrogen and oxygen atoms in total. The van der Waals surface area contributed by atoms with E-state index < -0.39 is 11.8 Å². The third kappa shape index (κ3) is 4.09. The second-order valence-corrected chi connectivity index (χ2v) is 3.69. The number of aliphatic imine (C=N–C) groups is 1. The number of ether oxygens (including phenoxy) is 1. The van der Waals surface area contributed by atoms with Crippen LogP contribution in [0.25, 0.3) is 0 Å². The van der Waals surface area contributed by atoms with Gasteiger partial charge in [0.05, 0.1) is 17.2 Å². The zero-order chi connectivity index (χ0) is 14.4. The van der Waals surface area contributed by atoms with Crippen molar-refractivity contribution < 1.29 is 14.2 Å². The molecule has 0 saturated carbocycles. The molecule has 0 atom stereocenters. The molecule has 3 N–H and O–H groups in total. The normalized spacial score (nSPS) is 12.9. The summed E-state index contributed by atoms with van der Waals surface area (Å²) in [6.07, 6.45) is 0. The average molecular weight is 264 g/mol. The first-order chi connectivity index (χ1) is 8.95. The van der Waals surface area contributed by atoms with Crippen molar-refractivity contribution in [2.45, 2.75) is 13.8 Å². The zero-order valence-corrected chi connectivity index (χ0v) is 10.7. The van der Waals surface area contributed by atoms with Crippen LogP contribution in [0.15, 0.2) is 40.8 Å². The van der Waals surface area contributed by atoms with Crippen molar-refractivity contribution in [1.82, 2.24) is 0 Å². The molecule has 0 aliphatic carbocycles. The number of nitrogens with two attached hydrogens (primary N) is 1. The monoisotopic (exact) mass is 264 g/mol. The third-order valence-corrected chi connectivity index (χ3v) is 2.19. The smallest absolute Gasteiger partial charge is 0.134 e. The van der Waals surface area contributed by atoms with Gasteiger partial charge in [-0.1, -0.05) is 6.92 Å². The lowest BCUT2D eigenvalue weighted by atomic mass is 10.1. The summed E-state index contributed by atoms with van der Waals surface area (Å²) in [6, 6.07) is 5.30. The molecule has 1 rings (SSSR count). The van der Waals surface area contributed by atoms with Crippen LogP contribution in [-0.2, 0) is 4.74 Å². The van der Waals surface area contributed by atoms with Gasteiger partial charge in [-0.25, -0.2) is 9.38 Å². The standard InChI is InChI=1S/C13H16FN3O2/c1-3-19-13(18)11(8(2)15)12(16)17-10-6-4-9(14)5-7-10/h4-7,15,18H,3H2,1-2H3,(H2,16,17)/p-1. The Morgan fingerprint density at radius 1 is 1.42 bits per heavy atom. The lowest BCUT2D eigenvalue weighted by Crippen LogP contribution is -2.26. The first kappa shape index (κ1) is 14.7. The Morgan fingerprint density at radius 2 is 2.00 bits per heavy atom. The number of nitrogens with zero attached hydrogens (tertiary/aromatic N) is 1. The van der Waals surface area contributed by atoms with Crippen molar-refractivity contribution >= 4 is 17.2 Å². The van der Waals surface area contributed by atoms with Crippen LogP contribution in [0.4, 0.5) is 10.1 Å². The largest absolute Gasteiger partial charge is 0.613 e. The minimum absolute atomic E-state index is 0.0400. The second-order valence-electron chi connectivity index (χ2n) is 3.69. The summed E-state index contributed by atoms with van der Waals surface area (Å²) in [5.41, 5.74) is 5.96. The number of nitrogens with one attached hydrogen (secondary N) is 1. The van der Waals surface area contributed by atoms with Crippen molar-refractivity contribution in [1.29, 1.82) is 5.41 Å². The van der Waals surface area contributed by atoms with E-state index in [1.807, 2.05) is 0 Å². The maximum atomic E-state index is 12.7. The van der Waals surface area contributed by atoms with Crippen molar-refractivity contribution in [2.24, 2.45) is 10.7 Å². The lowest BCUT2D eigenvalue weighted by Gasteiger charge is -2.18. The lowest BCUT2D eigenvalue weighted by molar-refractivity contribution is -0.357. The quantitative estimate of drug-likeness (QED) is 0.479. The molecule has 0 fully saturated rings. The molecule has 0 unspecified atom stereocenters. The first-order valence-electron chi connectivity index (χ1n) is 5.65. The van der Waals surface area contributed by atoms with Gasteiger partial charge in [-0.05, 0) is 37.8 Å². The van der Waals surface area contributed by atoms with Gasteiger partial charge in [-0.3, -0.25) is 0 Å². The van der Waals surface area contributed by atoms with E-state index in [0.717, 1.165) is 0 Å². The Morgan fingerprint density at radius 3 is 2.47 bits per heavy atom. The van der Waals surface area contributed by atoms with Crippen molar-refractivity contribution in [2.75, 3.05) is 6.61 Å². The van der Waals surface area contributed by atoms with Crippen LogP contribution in [0.5, 0.6) is 0 Å². The van der Waals surface area contributed by atoms with Gasteiger partial charge in [0.2, 0.25) is 0 Å². The Bertz CT molecular complexity index is 521. The molecule has 0 bridgehead atoms. The Hall–Kier alpha value is -2.37. The molecule has 0 heterocycles. The maximum Gasteiger partial charge on any atom is 0.134 e. The summed E-state index contributed by atoms with van der Waals surface area (Å²) in [5.74, 6) is -1.22. The van der Waals surface area contributed by atoms with Gasteiger partial charge in [0.25, 0.3) is 0 Å². The summed E-state index contributed by atoms with van der Waals surface area (Å²) >= 11 is 0. The highest BCUT2D eigenvalue weighted by Crippen LogP contribution is 2.14. The molecule has 1 aromatic carbocycles. The Labute approximate surface area is 110 Å². The molecule has 1 aromatic rings. The van der Waals surface area contributed by atoms with Gasteiger partial charge in [-0.2, -0.15) is 0 Å². The fourth-order valence-electron chi connectivity index (χ4n) is 1.36. The van der Waals surface area contributed by atoms with E-state index >= 15 is 0 Å². The number of halogens is 1. The molecule has 6 heteroatoms. The Kier molecular flexibility index (Phi) is 5.05. The minimum Gasteiger partial charge on any atom is -0.613 e. The van der Waals surface area contributed by atoms with Crippen LogP contribution in [-0.4, -0.2) is 18.2 Å². The molecule has 0 aliphatic heterocycles. The highest BCUT2D eigenvalue weighted by atomic mass is 19.1. The van der Waals surface area contributed by atoms with Gasteiger partial charge in [0.15, 0.2) is 0 Å². The summed E-state index contributed by atoms with van der Waals surface area (Å²) in [7, 11) is 0. The highest BCUT2D eigenvalue weighted by Gasteiger charge is 2.09. The number of hydrogen-bond acceptors (Lipinski definition) is 4. The number of hydrogen-bond donors (Lipinski definition) is 2. The van der Waals surface area contributed by atoms with Gasteiger partial charge in [0, 0.05) is 5.71 Å². The van der Waals surface area contributed by atoms with Gasteiger partial charge < -0.3 is 21.0 Å². The van der Waals surface area contributed by atoms with E-state index in [0.29, 0.717) is 5.69 Å². The number of amidine groups is 1. The molecule has 102 valence electrons. The predicted molar refractivity (Wildman–Crippen MR) is 69.7 cm³/mol. The topological polar surface area (TPSA) is 94.5 Å². The SMILES string of the molecule is CCOC([O-])=C(C(C)=N)C(N)=Nc1ccc(F)cc1. The average Bonchev–Trinajstić information content (AvgIpc) is 2.32. The van der Waals surface area contributed by atoms with Crippen LogP contribution in [0.2, 0.25) is 0 Å². The molecule has 0 radical (unpaired) electrons. The van der Waals surface area contributed by atoms with Crippen LogP contribution in [0.3, 0.4) is 0 Å². The maximum absolute atomic E-state index is 12.7. The van der Waals surface area contributed by atoms with E-state index in [-0.39, 0.29) is 23.7 Å². The molecular formula is C13H15FN3O2-. The van der Waals surface area contributed by atoms with E-state index in [1.165, 1.54) is 31.2 Å². The molecule has 0 saturated heterocycles. The zero-order valence-electron chi connectivity index (χ0n) is 10.7. The van der Waals surface area contributed by atoms with Crippen molar-refractivity contribution in [3.8, 4) is 0 Å². The molecule has 0 aliphatic rings. The van der Waals surface area contributed by atoms with Crippen molar-refractivity contribution in [3.05, 3.63) is 41.6 Å². The summed E-state index contributed by atoms with van der Waals surface area (Å²) in [4.78, 5) is 3.97. The molecule has 0 spiro atoms. The summed E-state index contributed by atoms with van der Waals surface area (Å²) in [6.45, 7) is 3.25. The number of rotatable bonds is 5. The summed E-state index contributed by atoms with van der Waals surface area (Å²) < 4.78 is 17.6. The summed E-state index contributed by atoms with van der Waals surface area (Å²) in [5, 5.41) is 19.2. The van der Waals surface area contributed by atoms with Crippen LogP contribution >= 0.6 is 0 Å². The van der Waals surface area contributed by atoms with E-state index in [1.54, 1.807) is 6.92 Å². The van der Waals surface area contributed by atoms with E-state index in [9.17, 15) is 9.50 Å². The highest BCUT2D eigenvalue weighted by molar-refractivity contribution is 6.21. The second kappa shape index (κ2) is 6.53. The van der Waals surface area contributed by atoms with Crippen LogP contribution < -0.4 is 10.8 Å². The van der Waals surface area contributed by atoms with Gasteiger partial charge in [-0.15, -0.1) is 0 Å². The fourth-order valence-corrected chi connectivity index (χ4v) is 1.36. The molecular weight excluding hydrogens is 249 g/mol. The number of benzene rings is 1. The van der Waals surface area contributed by atoms with E-state index in [2.05, 4.69) is 4.99 Å². The van der Waals surface area contributed by atoms with E-state index in [4.69, 9.17) is 15.9 Å². The third-order valence-electron chi connectivity index (χ3n) is 2.19. The fraction of sp³-hybridized carbons (Fsp3) is 0.231. The van der Waals surface area contributed by atoms with Crippen LogP contribution in [0, 0.1) is 11.2 Å².